The fraction of sp³-hybridized carbons (Fsp3) is 0.353. The summed E-state index contributed by atoms with van der Waals surface area (Å²) in [5.41, 5.74) is 0.596. The minimum Gasteiger partial charge on any atom is -0.326 e. The van der Waals surface area contributed by atoms with Gasteiger partial charge in [0.1, 0.15) is 0 Å². The second kappa shape index (κ2) is 9.45. The normalized spacial score (nSPS) is 13.8. The Kier molecular flexibility index (Phi) is 7.83. The third kappa shape index (κ3) is 6.45. The lowest BCUT2D eigenvalue weighted by Crippen LogP contribution is -2.19. The van der Waals surface area contributed by atoms with Crippen LogP contribution in [-0.4, -0.2) is 23.1 Å². The lowest BCUT2D eigenvalue weighted by atomic mass is 10.1. The standard InChI is InChI=1S/C17H21Cl2N2O3PS/c1-11(2)10-26-25(23,24)20-7-6-17(22)21-16-5-3-4-13-14(16)8-12(18)9-15(13)19/h3-5,8-9,11H,6-7,10H2,1-2H3,(H,21,22)(H2,20,23,24). The number of halogens is 2. The summed E-state index contributed by atoms with van der Waals surface area (Å²) in [5.74, 6) is 0.621. The van der Waals surface area contributed by atoms with E-state index in [0.717, 1.165) is 22.2 Å². The molecule has 0 aliphatic carbocycles. The highest BCUT2D eigenvalue weighted by Gasteiger charge is 2.19. The molecule has 0 aliphatic rings. The second-order valence-corrected chi connectivity index (χ2v) is 11.3. The molecule has 0 bridgehead atoms. The topological polar surface area (TPSA) is 78.4 Å². The van der Waals surface area contributed by atoms with Crippen molar-refractivity contribution in [3.05, 3.63) is 40.4 Å². The van der Waals surface area contributed by atoms with E-state index in [1.807, 2.05) is 19.9 Å². The maximum absolute atomic E-state index is 12.2. The summed E-state index contributed by atoms with van der Waals surface area (Å²) in [5, 5.41) is 7.88. The van der Waals surface area contributed by atoms with Gasteiger partial charge in [0.25, 0.3) is 0 Å². The van der Waals surface area contributed by atoms with Crippen molar-refractivity contribution in [3.8, 4) is 0 Å². The van der Waals surface area contributed by atoms with Crippen molar-refractivity contribution in [1.29, 1.82) is 0 Å². The van der Waals surface area contributed by atoms with Crippen LogP contribution < -0.4 is 10.4 Å². The van der Waals surface area contributed by atoms with Crippen LogP contribution >= 0.6 is 41.3 Å². The zero-order valence-corrected chi connectivity index (χ0v) is 17.7. The first-order valence-electron chi connectivity index (χ1n) is 8.08. The summed E-state index contributed by atoms with van der Waals surface area (Å²) in [4.78, 5) is 22.0. The van der Waals surface area contributed by atoms with E-state index in [4.69, 9.17) is 23.2 Å². The van der Waals surface area contributed by atoms with Gasteiger partial charge in [0.2, 0.25) is 5.91 Å². The maximum atomic E-state index is 12.2. The first-order chi connectivity index (χ1) is 12.2. The van der Waals surface area contributed by atoms with E-state index < -0.39 is 6.72 Å². The second-order valence-electron chi connectivity index (χ2n) is 6.20. The van der Waals surface area contributed by atoms with Crippen molar-refractivity contribution in [2.75, 3.05) is 17.6 Å². The van der Waals surface area contributed by atoms with Gasteiger partial charge in [0, 0.05) is 45.2 Å². The molecule has 3 N–H and O–H groups in total. The van der Waals surface area contributed by atoms with Crippen molar-refractivity contribution in [2.45, 2.75) is 20.3 Å². The van der Waals surface area contributed by atoms with Gasteiger partial charge < -0.3 is 10.2 Å². The Labute approximate surface area is 167 Å². The van der Waals surface area contributed by atoms with Gasteiger partial charge in [0.15, 0.2) is 0 Å². The van der Waals surface area contributed by atoms with E-state index in [1.54, 1.807) is 24.3 Å². The third-order valence-corrected chi connectivity index (χ3v) is 7.64. The van der Waals surface area contributed by atoms with E-state index in [2.05, 4.69) is 10.4 Å². The molecular formula is C17H21Cl2N2O3PS. The number of benzene rings is 2. The molecule has 2 aromatic carbocycles. The van der Waals surface area contributed by atoms with Gasteiger partial charge in [-0.1, -0.05) is 60.6 Å². The van der Waals surface area contributed by atoms with Crippen molar-refractivity contribution in [2.24, 2.45) is 5.92 Å². The lowest BCUT2D eigenvalue weighted by molar-refractivity contribution is -0.116. The molecule has 0 aliphatic heterocycles. The van der Waals surface area contributed by atoms with E-state index in [1.165, 1.54) is 0 Å². The van der Waals surface area contributed by atoms with E-state index in [0.29, 0.717) is 27.4 Å². The first kappa shape index (κ1) is 21.5. The van der Waals surface area contributed by atoms with Crippen molar-refractivity contribution < 1.29 is 14.3 Å². The fourth-order valence-electron chi connectivity index (χ4n) is 2.24. The van der Waals surface area contributed by atoms with Crippen LogP contribution in [0.3, 0.4) is 0 Å². The van der Waals surface area contributed by atoms with Crippen LogP contribution in [0.5, 0.6) is 0 Å². The van der Waals surface area contributed by atoms with Gasteiger partial charge in [-0.25, -0.2) is 5.09 Å². The molecule has 5 nitrogen and oxygen atoms in total. The Bertz CT molecular complexity index is 848. The molecule has 2 rings (SSSR count). The number of carbonyl (C=O) groups is 1. The smallest absolute Gasteiger partial charge is 0.323 e. The molecule has 1 atom stereocenters. The number of rotatable bonds is 8. The van der Waals surface area contributed by atoms with Crippen LogP contribution in [0.25, 0.3) is 10.8 Å². The summed E-state index contributed by atoms with van der Waals surface area (Å²) in [7, 11) is 0. The monoisotopic (exact) mass is 434 g/mol. The molecule has 26 heavy (non-hydrogen) atoms. The summed E-state index contributed by atoms with van der Waals surface area (Å²) < 4.78 is 12.0. The molecule has 0 saturated carbocycles. The summed E-state index contributed by atoms with van der Waals surface area (Å²) in [6.45, 7) is 0.573. The van der Waals surface area contributed by atoms with Gasteiger partial charge >= 0.3 is 6.72 Å². The van der Waals surface area contributed by atoms with Gasteiger partial charge in [-0.15, -0.1) is 0 Å². The van der Waals surface area contributed by atoms with Crippen LogP contribution in [0.4, 0.5) is 5.69 Å². The summed E-state index contributed by atoms with van der Waals surface area (Å²) >= 11 is 13.2. The number of hydrogen-bond acceptors (Lipinski definition) is 3. The van der Waals surface area contributed by atoms with Crippen LogP contribution in [-0.2, 0) is 9.36 Å². The van der Waals surface area contributed by atoms with Gasteiger partial charge in [0.05, 0.1) is 0 Å². The molecule has 0 saturated heterocycles. The van der Waals surface area contributed by atoms with Crippen LogP contribution in [0.1, 0.15) is 20.3 Å². The number of anilines is 1. The predicted molar refractivity (Wildman–Crippen MR) is 112 cm³/mol. The van der Waals surface area contributed by atoms with Gasteiger partial charge in [-0.3, -0.25) is 9.36 Å². The maximum Gasteiger partial charge on any atom is 0.323 e. The Morgan fingerprint density at radius 3 is 2.69 bits per heavy atom. The molecule has 0 aromatic heterocycles. The van der Waals surface area contributed by atoms with Gasteiger partial charge in [-0.05, 0) is 24.1 Å². The number of hydrogen-bond donors (Lipinski definition) is 3. The molecule has 0 spiro atoms. The molecule has 2 aromatic rings. The van der Waals surface area contributed by atoms with E-state index in [9.17, 15) is 14.3 Å². The number of amides is 1. The van der Waals surface area contributed by atoms with Crippen LogP contribution in [0, 0.1) is 5.92 Å². The molecule has 9 heteroatoms. The molecule has 1 unspecified atom stereocenters. The molecule has 1 amide bonds. The molecule has 0 heterocycles. The Hall–Kier alpha value is -0.750. The quantitative estimate of drug-likeness (QED) is 0.474. The Balaban J connectivity index is 1.96. The Morgan fingerprint density at radius 1 is 1.27 bits per heavy atom. The van der Waals surface area contributed by atoms with Crippen molar-refractivity contribution >= 4 is 63.7 Å². The van der Waals surface area contributed by atoms with E-state index >= 15 is 0 Å². The SMILES string of the molecule is CC(C)CSP(=O)(O)NCCC(=O)Nc1cccc2c(Cl)cc(Cl)cc12. The molecule has 0 radical (unpaired) electrons. The van der Waals surface area contributed by atoms with Crippen LogP contribution in [0.2, 0.25) is 10.0 Å². The summed E-state index contributed by atoms with van der Waals surface area (Å²) in [6.07, 6.45) is 0.0669. The van der Waals surface area contributed by atoms with Gasteiger partial charge in [-0.2, -0.15) is 0 Å². The minimum absolute atomic E-state index is 0.0669. The van der Waals surface area contributed by atoms with Crippen molar-refractivity contribution in [1.82, 2.24) is 5.09 Å². The van der Waals surface area contributed by atoms with Crippen LogP contribution in [0.15, 0.2) is 30.3 Å². The molecular weight excluding hydrogens is 414 g/mol. The Morgan fingerprint density at radius 2 is 2.00 bits per heavy atom. The highest BCUT2D eigenvalue weighted by Crippen LogP contribution is 2.51. The zero-order valence-electron chi connectivity index (χ0n) is 14.5. The number of carbonyl (C=O) groups excluding carboxylic acids is 1. The molecule has 0 fully saturated rings. The van der Waals surface area contributed by atoms with Crippen molar-refractivity contribution in [3.63, 3.8) is 0 Å². The highest BCUT2D eigenvalue weighted by atomic mass is 35.5. The third-order valence-electron chi connectivity index (χ3n) is 3.43. The average molecular weight is 435 g/mol. The first-order valence-corrected chi connectivity index (χ1v) is 12.1. The largest absolute Gasteiger partial charge is 0.326 e. The average Bonchev–Trinajstić information content (AvgIpc) is 2.53. The zero-order chi connectivity index (χ0) is 19.3. The van der Waals surface area contributed by atoms with E-state index in [-0.39, 0.29) is 18.9 Å². The number of nitrogens with one attached hydrogen (secondary N) is 2. The highest BCUT2D eigenvalue weighted by molar-refractivity contribution is 8.55. The minimum atomic E-state index is -3.49. The summed E-state index contributed by atoms with van der Waals surface area (Å²) in [6, 6.07) is 8.78. The molecule has 142 valence electrons. The lowest BCUT2D eigenvalue weighted by Gasteiger charge is -2.14. The predicted octanol–water partition coefficient (Wildman–Crippen LogP) is 5.55. The number of fused-ring (bicyclic) bond motifs is 1. The fourth-order valence-corrected chi connectivity index (χ4v) is 5.83.